The van der Waals surface area contributed by atoms with Crippen LogP contribution < -0.4 is 5.32 Å². The molecule has 1 aromatic heterocycles. The van der Waals surface area contributed by atoms with Gasteiger partial charge in [-0.3, -0.25) is 10.1 Å². The fraction of sp³-hybridized carbons (Fsp3) is 0.375. The third-order valence-electron chi connectivity index (χ3n) is 1.40. The monoisotopic (exact) mass is 178 g/mol. The first kappa shape index (κ1) is 9.26. The lowest BCUT2D eigenvalue weighted by Gasteiger charge is -1.98. The lowest BCUT2D eigenvalue weighted by Crippen LogP contribution is -2.12. The highest BCUT2D eigenvalue weighted by molar-refractivity contribution is 5.88. The summed E-state index contributed by atoms with van der Waals surface area (Å²) in [6.45, 7) is 0. The maximum absolute atomic E-state index is 11.1. The van der Waals surface area contributed by atoms with Gasteiger partial charge in [-0.25, -0.2) is 5.10 Å². The lowest BCUT2D eigenvalue weighted by atomic mass is 10.2. The summed E-state index contributed by atoms with van der Waals surface area (Å²) >= 11 is 0. The fourth-order valence-electron chi connectivity index (χ4n) is 0.811. The highest BCUT2D eigenvalue weighted by Gasteiger charge is 2.02. The van der Waals surface area contributed by atoms with Gasteiger partial charge < -0.3 is 0 Å². The van der Waals surface area contributed by atoms with E-state index in [-0.39, 0.29) is 5.91 Å². The predicted molar refractivity (Wildman–Crippen MR) is 47.7 cm³/mol. The van der Waals surface area contributed by atoms with Crippen molar-refractivity contribution in [2.24, 2.45) is 0 Å². The fourth-order valence-corrected chi connectivity index (χ4v) is 0.811. The quantitative estimate of drug-likeness (QED) is 0.522. The van der Waals surface area contributed by atoms with Gasteiger partial charge >= 0.3 is 0 Å². The van der Waals surface area contributed by atoms with Gasteiger partial charge in [0.05, 0.1) is 0 Å². The van der Waals surface area contributed by atoms with Crippen molar-refractivity contribution >= 4 is 11.9 Å². The number of nitrogens with one attached hydrogen (secondary N) is 2. The third-order valence-corrected chi connectivity index (χ3v) is 1.40. The highest BCUT2D eigenvalue weighted by Crippen LogP contribution is 1.98. The molecule has 1 amide bonds. The van der Waals surface area contributed by atoms with Crippen molar-refractivity contribution in [2.45, 2.75) is 19.3 Å². The molecule has 0 fully saturated rings. The number of aromatic amines is 1. The van der Waals surface area contributed by atoms with Gasteiger partial charge in [-0.05, 0) is 6.42 Å². The number of anilines is 1. The Morgan fingerprint density at radius 3 is 3.23 bits per heavy atom. The van der Waals surface area contributed by atoms with E-state index in [1.165, 1.54) is 6.33 Å². The Labute approximate surface area is 75.9 Å². The molecule has 0 spiro atoms. The first-order valence-electron chi connectivity index (χ1n) is 3.91. The van der Waals surface area contributed by atoms with Gasteiger partial charge in [-0.1, -0.05) is 0 Å². The van der Waals surface area contributed by atoms with Crippen LogP contribution in [0.1, 0.15) is 19.3 Å². The zero-order chi connectivity index (χ0) is 9.52. The van der Waals surface area contributed by atoms with Gasteiger partial charge in [0.1, 0.15) is 6.33 Å². The number of H-pyrrole nitrogens is 1. The SMILES string of the molecule is C#CCCCC(=O)Nc1ncn[nH]1. The number of terminal acetylenes is 1. The molecule has 5 nitrogen and oxygen atoms in total. The number of carbonyl (C=O) groups is 1. The summed E-state index contributed by atoms with van der Waals surface area (Å²) < 4.78 is 0. The maximum atomic E-state index is 11.1. The molecule has 2 N–H and O–H groups in total. The summed E-state index contributed by atoms with van der Waals surface area (Å²) in [5, 5.41) is 8.66. The summed E-state index contributed by atoms with van der Waals surface area (Å²) in [6, 6.07) is 0. The lowest BCUT2D eigenvalue weighted by molar-refractivity contribution is -0.116. The average Bonchev–Trinajstić information content (AvgIpc) is 2.57. The molecule has 0 saturated heterocycles. The molecule has 0 aliphatic heterocycles. The molecular weight excluding hydrogens is 168 g/mol. The predicted octanol–water partition coefficient (Wildman–Crippen LogP) is 0.547. The summed E-state index contributed by atoms with van der Waals surface area (Å²) in [4.78, 5) is 14.9. The summed E-state index contributed by atoms with van der Waals surface area (Å²) in [7, 11) is 0. The third kappa shape index (κ3) is 3.38. The minimum atomic E-state index is -0.105. The molecule has 5 heteroatoms. The summed E-state index contributed by atoms with van der Waals surface area (Å²) in [5.74, 6) is 2.73. The number of carbonyl (C=O) groups excluding carboxylic acids is 1. The van der Waals surface area contributed by atoms with Crippen molar-refractivity contribution in [1.82, 2.24) is 15.2 Å². The van der Waals surface area contributed by atoms with E-state index in [9.17, 15) is 4.79 Å². The molecule has 0 aliphatic carbocycles. The van der Waals surface area contributed by atoms with Gasteiger partial charge in [-0.15, -0.1) is 12.3 Å². The smallest absolute Gasteiger partial charge is 0.226 e. The number of hydrogen-bond acceptors (Lipinski definition) is 3. The van der Waals surface area contributed by atoms with Crippen LogP contribution in [0.5, 0.6) is 0 Å². The molecule has 68 valence electrons. The van der Waals surface area contributed by atoms with Crippen molar-refractivity contribution in [2.75, 3.05) is 5.32 Å². The molecule has 0 saturated carbocycles. The van der Waals surface area contributed by atoms with Gasteiger partial charge in [0.25, 0.3) is 0 Å². The molecule has 0 aliphatic rings. The number of unbranched alkanes of at least 4 members (excludes halogenated alkanes) is 1. The average molecular weight is 178 g/mol. The van der Waals surface area contributed by atoms with Crippen molar-refractivity contribution in [1.29, 1.82) is 0 Å². The molecule has 1 rings (SSSR count). The highest BCUT2D eigenvalue weighted by atomic mass is 16.1. The van der Waals surface area contributed by atoms with Crippen molar-refractivity contribution in [3.8, 4) is 12.3 Å². The minimum absolute atomic E-state index is 0.105. The largest absolute Gasteiger partial charge is 0.295 e. The van der Waals surface area contributed by atoms with Crippen LogP contribution in [0.3, 0.4) is 0 Å². The molecule has 1 aromatic rings. The van der Waals surface area contributed by atoms with Crippen LogP contribution in [-0.4, -0.2) is 21.1 Å². The number of nitrogens with zero attached hydrogens (tertiary/aromatic N) is 2. The Bertz CT molecular complexity index is 298. The summed E-state index contributed by atoms with van der Waals surface area (Å²) in [5.41, 5.74) is 0. The van der Waals surface area contributed by atoms with Gasteiger partial charge in [0, 0.05) is 12.8 Å². The van der Waals surface area contributed by atoms with E-state index in [0.717, 1.165) is 0 Å². The number of amides is 1. The molecule has 13 heavy (non-hydrogen) atoms. The van der Waals surface area contributed by atoms with Crippen LogP contribution in [-0.2, 0) is 4.79 Å². The van der Waals surface area contributed by atoms with Crippen LogP contribution in [0.2, 0.25) is 0 Å². The van der Waals surface area contributed by atoms with Crippen LogP contribution in [0.25, 0.3) is 0 Å². The zero-order valence-corrected chi connectivity index (χ0v) is 7.08. The second kappa shape index (κ2) is 4.93. The van der Waals surface area contributed by atoms with Crippen LogP contribution in [0.4, 0.5) is 5.95 Å². The van der Waals surface area contributed by atoms with E-state index < -0.39 is 0 Å². The standard InChI is InChI=1S/C8H10N4O/c1-2-3-4-5-7(13)11-8-9-6-10-12-8/h1,6H,3-5H2,(H2,9,10,11,12,13). The molecule has 0 bridgehead atoms. The zero-order valence-electron chi connectivity index (χ0n) is 7.08. The second-order valence-electron chi connectivity index (χ2n) is 2.44. The van der Waals surface area contributed by atoms with Crippen LogP contribution in [0, 0.1) is 12.3 Å². The molecule has 0 unspecified atom stereocenters. The number of aromatic nitrogens is 3. The van der Waals surface area contributed by atoms with E-state index >= 15 is 0 Å². The van der Waals surface area contributed by atoms with E-state index in [2.05, 4.69) is 26.4 Å². The molecular formula is C8H10N4O. The summed E-state index contributed by atoms with van der Waals surface area (Å²) in [6.07, 6.45) is 8.08. The maximum Gasteiger partial charge on any atom is 0.226 e. The van der Waals surface area contributed by atoms with Crippen LogP contribution >= 0.6 is 0 Å². The second-order valence-corrected chi connectivity index (χ2v) is 2.44. The Morgan fingerprint density at radius 2 is 2.62 bits per heavy atom. The van der Waals surface area contributed by atoms with E-state index in [4.69, 9.17) is 6.42 Å². The topological polar surface area (TPSA) is 70.7 Å². The van der Waals surface area contributed by atoms with Crippen molar-refractivity contribution < 1.29 is 4.79 Å². The number of hydrogen-bond donors (Lipinski definition) is 2. The Balaban J connectivity index is 2.23. The normalized spacial score (nSPS) is 9.15. The Kier molecular flexibility index (Phi) is 3.51. The molecule has 0 radical (unpaired) electrons. The first-order valence-corrected chi connectivity index (χ1v) is 3.91. The Morgan fingerprint density at radius 1 is 1.77 bits per heavy atom. The number of rotatable bonds is 4. The van der Waals surface area contributed by atoms with Gasteiger partial charge in [0.2, 0.25) is 11.9 Å². The van der Waals surface area contributed by atoms with Crippen molar-refractivity contribution in [3.63, 3.8) is 0 Å². The minimum Gasteiger partial charge on any atom is -0.295 e. The van der Waals surface area contributed by atoms with E-state index in [1.807, 2.05) is 0 Å². The van der Waals surface area contributed by atoms with Gasteiger partial charge in [-0.2, -0.15) is 10.1 Å². The van der Waals surface area contributed by atoms with E-state index in [0.29, 0.717) is 25.2 Å². The molecule has 0 aromatic carbocycles. The van der Waals surface area contributed by atoms with Crippen LogP contribution in [0.15, 0.2) is 6.33 Å². The van der Waals surface area contributed by atoms with E-state index in [1.54, 1.807) is 0 Å². The molecule has 0 atom stereocenters. The molecule has 1 heterocycles. The first-order chi connectivity index (χ1) is 6.33. The van der Waals surface area contributed by atoms with Crippen molar-refractivity contribution in [3.05, 3.63) is 6.33 Å². The van der Waals surface area contributed by atoms with Gasteiger partial charge in [0.15, 0.2) is 0 Å². The Hall–Kier alpha value is -1.83.